The molecule has 0 aliphatic carbocycles. The number of piperidine rings is 1. The zero-order valence-electron chi connectivity index (χ0n) is 25.3. The molecule has 1 saturated heterocycles. The van der Waals surface area contributed by atoms with Gasteiger partial charge in [-0.05, 0) is 51.3 Å². The molecule has 1 unspecified atom stereocenters. The van der Waals surface area contributed by atoms with Crippen molar-refractivity contribution in [2.45, 2.75) is 47.1 Å². The number of amides is 1. The molecule has 1 aliphatic rings. The monoisotopic (exact) mass is 619 g/mol. The van der Waals surface area contributed by atoms with Crippen LogP contribution in [0.5, 0.6) is 0 Å². The van der Waals surface area contributed by atoms with Gasteiger partial charge in [-0.15, -0.1) is 10.2 Å². The average molecular weight is 620 g/mol. The van der Waals surface area contributed by atoms with Gasteiger partial charge in [0.2, 0.25) is 17.7 Å². The number of hydrogen-bond acceptors (Lipinski definition) is 13. The number of tetrazole rings is 1. The number of benzene rings is 1. The highest BCUT2D eigenvalue weighted by atomic mass is 32.1. The second kappa shape index (κ2) is 14.2. The summed E-state index contributed by atoms with van der Waals surface area (Å²) in [6.07, 6.45) is 1.73. The van der Waals surface area contributed by atoms with Crippen molar-refractivity contribution in [1.29, 1.82) is 0 Å². The van der Waals surface area contributed by atoms with Crippen LogP contribution in [0, 0.1) is 12.8 Å². The number of nitrogens with one attached hydrogen (secondary N) is 3. The summed E-state index contributed by atoms with van der Waals surface area (Å²) in [6.45, 7) is 11.1. The van der Waals surface area contributed by atoms with E-state index >= 15 is 0 Å². The highest BCUT2D eigenvalue weighted by Gasteiger charge is 2.29. The Morgan fingerprint density at radius 1 is 1.14 bits per heavy atom. The van der Waals surface area contributed by atoms with Crippen LogP contribution < -0.4 is 15.5 Å². The van der Waals surface area contributed by atoms with Gasteiger partial charge in [-0.3, -0.25) is 10.1 Å². The molecule has 5 rings (SSSR count). The molecule has 232 valence electrons. The summed E-state index contributed by atoms with van der Waals surface area (Å²) in [5.74, 6) is 1.85. The number of anilines is 4. The van der Waals surface area contributed by atoms with Crippen molar-refractivity contribution in [1.82, 2.24) is 40.5 Å². The molecule has 1 aromatic carbocycles. The predicted molar refractivity (Wildman–Crippen MR) is 168 cm³/mol. The van der Waals surface area contributed by atoms with Gasteiger partial charge in [0, 0.05) is 44.4 Å². The SMILES string of the molecule is CCOC(=O)c1sc(Nc2nc(NCc3ccc(-c4nn[nH]n4)cc3)cc(N3CCCC(C(=O)N(CC)CC)C3)n2)nc1C. The lowest BCUT2D eigenvalue weighted by Gasteiger charge is -2.35. The minimum atomic E-state index is -0.407. The fourth-order valence-electron chi connectivity index (χ4n) is 5.10. The third-order valence-electron chi connectivity index (χ3n) is 7.39. The van der Waals surface area contributed by atoms with Crippen molar-refractivity contribution >= 4 is 45.9 Å². The molecular weight excluding hydrogens is 582 g/mol. The number of H-pyrrole nitrogens is 1. The average Bonchev–Trinajstić information content (AvgIpc) is 3.71. The maximum Gasteiger partial charge on any atom is 0.350 e. The number of aryl methyl sites for hydroxylation is 1. The number of esters is 1. The Labute approximate surface area is 259 Å². The number of hydrogen-bond donors (Lipinski definition) is 3. The smallest absolute Gasteiger partial charge is 0.350 e. The number of nitrogens with zero attached hydrogens (tertiary/aromatic N) is 8. The first-order valence-corrected chi connectivity index (χ1v) is 15.6. The van der Waals surface area contributed by atoms with Crippen LogP contribution in [0.4, 0.5) is 22.7 Å². The van der Waals surface area contributed by atoms with Crippen molar-refractivity contribution in [2.24, 2.45) is 5.92 Å². The molecule has 0 saturated carbocycles. The van der Waals surface area contributed by atoms with E-state index in [0.29, 0.717) is 65.3 Å². The molecule has 0 radical (unpaired) electrons. The van der Waals surface area contributed by atoms with Gasteiger partial charge in [0.25, 0.3) is 0 Å². The lowest BCUT2D eigenvalue weighted by atomic mass is 9.96. The molecule has 3 N–H and O–H groups in total. The van der Waals surface area contributed by atoms with E-state index in [1.165, 1.54) is 11.3 Å². The summed E-state index contributed by atoms with van der Waals surface area (Å²) in [5.41, 5.74) is 2.46. The van der Waals surface area contributed by atoms with Crippen molar-refractivity contribution in [3.8, 4) is 11.4 Å². The van der Waals surface area contributed by atoms with Crippen LogP contribution in [0.15, 0.2) is 30.3 Å². The molecule has 1 aliphatic heterocycles. The van der Waals surface area contributed by atoms with Crippen LogP contribution in [0.2, 0.25) is 0 Å². The summed E-state index contributed by atoms with van der Waals surface area (Å²) < 4.78 is 5.17. The minimum Gasteiger partial charge on any atom is -0.462 e. The molecule has 3 aromatic heterocycles. The van der Waals surface area contributed by atoms with Gasteiger partial charge in [0.1, 0.15) is 16.5 Å². The van der Waals surface area contributed by atoms with Crippen LogP contribution in [0.1, 0.15) is 54.5 Å². The van der Waals surface area contributed by atoms with E-state index in [1.54, 1.807) is 13.8 Å². The van der Waals surface area contributed by atoms with Gasteiger partial charge >= 0.3 is 5.97 Å². The van der Waals surface area contributed by atoms with Crippen molar-refractivity contribution in [3.63, 3.8) is 0 Å². The van der Waals surface area contributed by atoms with Crippen LogP contribution in [-0.2, 0) is 16.1 Å². The largest absolute Gasteiger partial charge is 0.462 e. The molecule has 0 bridgehead atoms. The molecule has 44 heavy (non-hydrogen) atoms. The summed E-state index contributed by atoms with van der Waals surface area (Å²) in [6, 6.07) is 9.76. The van der Waals surface area contributed by atoms with E-state index in [4.69, 9.17) is 14.7 Å². The van der Waals surface area contributed by atoms with Crippen molar-refractivity contribution < 1.29 is 14.3 Å². The Bertz CT molecular complexity index is 1560. The van der Waals surface area contributed by atoms with E-state index in [0.717, 1.165) is 30.5 Å². The molecule has 4 heterocycles. The van der Waals surface area contributed by atoms with Crippen LogP contribution in [-0.4, -0.2) is 85.1 Å². The van der Waals surface area contributed by atoms with E-state index in [1.807, 2.05) is 49.1 Å². The summed E-state index contributed by atoms with van der Waals surface area (Å²) in [4.78, 5) is 44.0. The Morgan fingerprint density at radius 2 is 1.93 bits per heavy atom. The number of aromatic amines is 1. The third kappa shape index (κ3) is 7.27. The Kier molecular flexibility index (Phi) is 9.94. The summed E-state index contributed by atoms with van der Waals surface area (Å²) in [5, 5.41) is 21.2. The summed E-state index contributed by atoms with van der Waals surface area (Å²) in [7, 11) is 0. The maximum absolute atomic E-state index is 13.2. The molecule has 15 heteroatoms. The van der Waals surface area contributed by atoms with E-state index < -0.39 is 5.97 Å². The van der Waals surface area contributed by atoms with E-state index in [-0.39, 0.29) is 18.4 Å². The molecule has 14 nitrogen and oxygen atoms in total. The molecule has 1 fully saturated rings. The van der Waals surface area contributed by atoms with Crippen LogP contribution in [0.3, 0.4) is 0 Å². The minimum absolute atomic E-state index is 0.0992. The molecule has 1 amide bonds. The molecule has 0 spiro atoms. The van der Waals surface area contributed by atoms with Crippen LogP contribution in [0.25, 0.3) is 11.4 Å². The summed E-state index contributed by atoms with van der Waals surface area (Å²) >= 11 is 1.19. The number of carbonyl (C=O) groups is 2. The Hall–Kier alpha value is -4.66. The van der Waals surface area contributed by atoms with Gasteiger partial charge in [0.05, 0.1) is 18.2 Å². The lowest BCUT2D eigenvalue weighted by molar-refractivity contribution is -0.135. The third-order valence-corrected chi connectivity index (χ3v) is 8.44. The quantitative estimate of drug-likeness (QED) is 0.195. The molecule has 1 atom stereocenters. The van der Waals surface area contributed by atoms with Gasteiger partial charge < -0.3 is 19.9 Å². The zero-order chi connectivity index (χ0) is 31.1. The number of thiazole rings is 1. The topological polar surface area (TPSA) is 167 Å². The number of ether oxygens (including phenoxy) is 1. The van der Waals surface area contributed by atoms with E-state index in [2.05, 4.69) is 41.1 Å². The lowest BCUT2D eigenvalue weighted by Crippen LogP contribution is -2.45. The fourth-order valence-corrected chi connectivity index (χ4v) is 5.96. The highest BCUT2D eigenvalue weighted by Crippen LogP contribution is 2.29. The first-order chi connectivity index (χ1) is 21.4. The van der Waals surface area contributed by atoms with Crippen molar-refractivity contribution in [3.05, 3.63) is 46.5 Å². The standard InChI is InChI=1S/C29H37N11O3S/c1-5-39(6-2)26(41)21-9-8-14-40(17-21)23-15-22(30-16-19-10-12-20(13-11-19)25-35-37-38-36-25)32-28(33-23)34-29-31-18(4)24(44-29)27(42)43-7-3/h10-13,15,21H,5-9,14,16-17H2,1-4H3,(H,35,36,37,38)(H2,30,31,32,33,34). The second-order valence-corrected chi connectivity index (χ2v) is 11.3. The number of rotatable bonds is 12. The van der Waals surface area contributed by atoms with Crippen LogP contribution >= 0.6 is 11.3 Å². The van der Waals surface area contributed by atoms with E-state index in [9.17, 15) is 9.59 Å². The first-order valence-electron chi connectivity index (χ1n) is 14.8. The number of carbonyl (C=O) groups excluding carboxylic acids is 2. The predicted octanol–water partition coefficient (Wildman–Crippen LogP) is 4.04. The van der Waals surface area contributed by atoms with Gasteiger partial charge in [-0.25, -0.2) is 9.78 Å². The molecule has 4 aromatic rings. The zero-order valence-corrected chi connectivity index (χ0v) is 26.1. The number of aromatic nitrogens is 7. The first kappa shape index (κ1) is 30.8. The Morgan fingerprint density at radius 3 is 2.64 bits per heavy atom. The van der Waals surface area contributed by atoms with Gasteiger partial charge in [-0.2, -0.15) is 15.2 Å². The van der Waals surface area contributed by atoms with Gasteiger partial charge in [-0.1, -0.05) is 35.6 Å². The maximum atomic E-state index is 13.2. The normalized spacial score (nSPS) is 14.7. The molecular formula is C29H37N11O3S. The highest BCUT2D eigenvalue weighted by molar-refractivity contribution is 7.17. The van der Waals surface area contributed by atoms with Crippen molar-refractivity contribution in [2.75, 3.05) is 48.3 Å². The fraction of sp³-hybridized carbons (Fsp3) is 0.448. The second-order valence-electron chi connectivity index (χ2n) is 10.3. The Balaban J connectivity index is 1.38. The van der Waals surface area contributed by atoms with Gasteiger partial charge in [0.15, 0.2) is 5.13 Å².